The highest BCUT2D eigenvalue weighted by Gasteiger charge is 2.39. The number of halogens is 3. The maximum absolute atomic E-state index is 13.4. The third kappa shape index (κ3) is 2.79. The summed E-state index contributed by atoms with van der Waals surface area (Å²) in [4.78, 5) is 0. The molecule has 0 amide bonds. The normalized spacial score (nSPS) is 11.7. The van der Waals surface area contributed by atoms with Crippen molar-refractivity contribution in [1.82, 2.24) is 9.78 Å². The lowest BCUT2D eigenvalue weighted by Gasteiger charge is -2.07. The topological polar surface area (TPSA) is 43.8 Å². The SMILES string of the molecule is Cc1cccc(-c2c(C(F)(F)F)nn(-c3ccccc3)c2N)c1. The van der Waals surface area contributed by atoms with E-state index >= 15 is 0 Å². The van der Waals surface area contributed by atoms with Gasteiger partial charge >= 0.3 is 6.18 Å². The van der Waals surface area contributed by atoms with Gasteiger partial charge in [-0.1, -0.05) is 48.0 Å². The first-order valence-corrected chi connectivity index (χ1v) is 6.96. The quantitative estimate of drug-likeness (QED) is 0.759. The third-order valence-electron chi connectivity index (χ3n) is 3.50. The van der Waals surface area contributed by atoms with E-state index in [0.717, 1.165) is 10.2 Å². The predicted molar refractivity (Wildman–Crippen MR) is 83.2 cm³/mol. The number of hydrogen-bond acceptors (Lipinski definition) is 2. The summed E-state index contributed by atoms with van der Waals surface area (Å²) >= 11 is 0. The van der Waals surface area contributed by atoms with Crippen molar-refractivity contribution in [3.63, 3.8) is 0 Å². The number of para-hydroxylation sites is 1. The highest BCUT2D eigenvalue weighted by molar-refractivity contribution is 5.78. The summed E-state index contributed by atoms with van der Waals surface area (Å²) in [6.45, 7) is 1.81. The Balaban J connectivity index is 2.28. The van der Waals surface area contributed by atoms with Crippen LogP contribution in [0.5, 0.6) is 0 Å². The van der Waals surface area contributed by atoms with Crippen molar-refractivity contribution in [2.45, 2.75) is 13.1 Å². The van der Waals surface area contributed by atoms with Crippen LogP contribution in [0.1, 0.15) is 11.3 Å². The second-order valence-corrected chi connectivity index (χ2v) is 5.22. The number of nitrogens with two attached hydrogens (primary N) is 1. The van der Waals surface area contributed by atoms with Gasteiger partial charge in [-0.3, -0.25) is 0 Å². The van der Waals surface area contributed by atoms with E-state index in [1.165, 1.54) is 0 Å². The summed E-state index contributed by atoms with van der Waals surface area (Å²) in [6.07, 6.45) is -4.59. The van der Waals surface area contributed by atoms with Crippen LogP contribution in [-0.2, 0) is 6.18 Å². The highest BCUT2D eigenvalue weighted by atomic mass is 19.4. The van der Waals surface area contributed by atoms with Gasteiger partial charge in [-0.2, -0.15) is 18.3 Å². The maximum Gasteiger partial charge on any atom is 0.435 e. The number of alkyl halides is 3. The van der Waals surface area contributed by atoms with Crippen LogP contribution in [0.2, 0.25) is 0 Å². The van der Waals surface area contributed by atoms with E-state index in [1.807, 2.05) is 13.0 Å². The number of anilines is 1. The number of benzene rings is 2. The van der Waals surface area contributed by atoms with Gasteiger partial charge in [-0.15, -0.1) is 0 Å². The van der Waals surface area contributed by atoms with Crippen molar-refractivity contribution in [2.75, 3.05) is 5.73 Å². The van der Waals surface area contributed by atoms with Gasteiger partial charge in [0.1, 0.15) is 5.82 Å². The van der Waals surface area contributed by atoms with E-state index in [2.05, 4.69) is 5.10 Å². The van der Waals surface area contributed by atoms with Crippen LogP contribution in [0, 0.1) is 6.92 Å². The molecule has 0 saturated carbocycles. The minimum Gasteiger partial charge on any atom is -0.383 e. The zero-order valence-corrected chi connectivity index (χ0v) is 12.3. The van der Waals surface area contributed by atoms with Crippen LogP contribution in [0.15, 0.2) is 54.6 Å². The smallest absolute Gasteiger partial charge is 0.383 e. The lowest BCUT2D eigenvalue weighted by atomic mass is 10.0. The second kappa shape index (κ2) is 5.46. The van der Waals surface area contributed by atoms with E-state index in [9.17, 15) is 13.2 Å². The standard InChI is InChI=1S/C17H14F3N3/c1-11-6-5-7-12(10-11)14-15(17(18,19)20)22-23(16(14)21)13-8-3-2-4-9-13/h2-10H,21H2,1H3. The van der Waals surface area contributed by atoms with Crippen molar-refractivity contribution in [3.8, 4) is 16.8 Å². The number of hydrogen-bond donors (Lipinski definition) is 1. The van der Waals surface area contributed by atoms with Gasteiger partial charge in [0.2, 0.25) is 0 Å². The number of aromatic nitrogens is 2. The zero-order chi connectivity index (χ0) is 16.6. The van der Waals surface area contributed by atoms with Crippen LogP contribution >= 0.6 is 0 Å². The number of nitrogen functional groups attached to an aromatic ring is 1. The summed E-state index contributed by atoms with van der Waals surface area (Å²) in [6, 6.07) is 15.3. The number of aryl methyl sites for hydroxylation is 1. The first-order valence-electron chi connectivity index (χ1n) is 6.96. The monoisotopic (exact) mass is 317 g/mol. The fraction of sp³-hybridized carbons (Fsp3) is 0.118. The maximum atomic E-state index is 13.4. The van der Waals surface area contributed by atoms with Gasteiger partial charge in [-0.05, 0) is 24.6 Å². The summed E-state index contributed by atoms with van der Waals surface area (Å²) in [7, 11) is 0. The average molecular weight is 317 g/mol. The molecule has 2 N–H and O–H groups in total. The molecule has 3 rings (SSSR count). The van der Waals surface area contributed by atoms with E-state index in [1.54, 1.807) is 48.5 Å². The van der Waals surface area contributed by atoms with Gasteiger partial charge in [0.05, 0.1) is 11.3 Å². The van der Waals surface area contributed by atoms with Crippen molar-refractivity contribution >= 4 is 5.82 Å². The molecule has 0 aliphatic carbocycles. The summed E-state index contributed by atoms with van der Waals surface area (Å²) in [5.41, 5.74) is 6.67. The molecule has 0 atom stereocenters. The third-order valence-corrected chi connectivity index (χ3v) is 3.50. The summed E-state index contributed by atoms with van der Waals surface area (Å²) in [5, 5.41) is 3.72. The lowest BCUT2D eigenvalue weighted by molar-refractivity contribution is -0.140. The zero-order valence-electron chi connectivity index (χ0n) is 12.3. The molecule has 0 spiro atoms. The number of nitrogens with zero attached hydrogens (tertiary/aromatic N) is 2. The predicted octanol–water partition coefficient (Wildman–Crippen LogP) is 4.45. The molecule has 0 bridgehead atoms. The molecule has 3 aromatic rings. The van der Waals surface area contributed by atoms with Crippen LogP contribution in [0.25, 0.3) is 16.8 Å². The fourth-order valence-electron chi connectivity index (χ4n) is 2.48. The molecule has 0 saturated heterocycles. The minimum absolute atomic E-state index is 0.0332. The Morgan fingerprint density at radius 3 is 2.30 bits per heavy atom. The molecular weight excluding hydrogens is 303 g/mol. The van der Waals surface area contributed by atoms with E-state index < -0.39 is 11.9 Å². The molecule has 2 aromatic carbocycles. The first-order chi connectivity index (χ1) is 10.9. The molecule has 0 aliphatic rings. The van der Waals surface area contributed by atoms with Crippen LogP contribution in [-0.4, -0.2) is 9.78 Å². The minimum atomic E-state index is -4.59. The Morgan fingerprint density at radius 1 is 1.00 bits per heavy atom. The first kappa shape index (κ1) is 15.1. The van der Waals surface area contributed by atoms with E-state index in [0.29, 0.717) is 11.3 Å². The summed E-state index contributed by atoms with van der Waals surface area (Å²) < 4.78 is 41.4. The van der Waals surface area contributed by atoms with Gasteiger partial charge in [-0.25, -0.2) is 4.68 Å². The van der Waals surface area contributed by atoms with Gasteiger partial charge < -0.3 is 5.73 Å². The van der Waals surface area contributed by atoms with Crippen LogP contribution < -0.4 is 5.73 Å². The fourth-order valence-corrected chi connectivity index (χ4v) is 2.48. The van der Waals surface area contributed by atoms with Crippen LogP contribution in [0.3, 0.4) is 0 Å². The molecule has 1 heterocycles. The Bertz CT molecular complexity index is 836. The molecule has 0 fully saturated rings. The van der Waals surface area contributed by atoms with Gasteiger partial charge in [0.25, 0.3) is 0 Å². The Labute approximate surface area is 131 Å². The average Bonchev–Trinajstić information content (AvgIpc) is 2.86. The lowest BCUT2D eigenvalue weighted by Crippen LogP contribution is -2.08. The Morgan fingerprint density at radius 2 is 1.70 bits per heavy atom. The van der Waals surface area contributed by atoms with Crippen molar-refractivity contribution < 1.29 is 13.2 Å². The largest absolute Gasteiger partial charge is 0.435 e. The van der Waals surface area contributed by atoms with Gasteiger partial charge in [0, 0.05) is 0 Å². The summed E-state index contributed by atoms with van der Waals surface area (Å²) in [5.74, 6) is -0.0332. The Hall–Kier alpha value is -2.76. The highest BCUT2D eigenvalue weighted by Crippen LogP contribution is 2.40. The van der Waals surface area contributed by atoms with Crippen molar-refractivity contribution in [3.05, 3.63) is 65.9 Å². The van der Waals surface area contributed by atoms with Crippen molar-refractivity contribution in [2.24, 2.45) is 0 Å². The molecule has 0 radical (unpaired) electrons. The molecule has 0 unspecified atom stereocenters. The van der Waals surface area contributed by atoms with E-state index in [-0.39, 0.29) is 11.4 Å². The molecule has 1 aromatic heterocycles. The Kier molecular flexibility index (Phi) is 3.60. The molecular formula is C17H14F3N3. The number of rotatable bonds is 2. The van der Waals surface area contributed by atoms with Crippen LogP contribution in [0.4, 0.5) is 19.0 Å². The molecule has 6 heteroatoms. The molecule has 3 nitrogen and oxygen atoms in total. The van der Waals surface area contributed by atoms with Gasteiger partial charge in [0.15, 0.2) is 5.69 Å². The second-order valence-electron chi connectivity index (χ2n) is 5.22. The van der Waals surface area contributed by atoms with Crippen molar-refractivity contribution in [1.29, 1.82) is 0 Å². The molecule has 23 heavy (non-hydrogen) atoms. The molecule has 0 aliphatic heterocycles. The van der Waals surface area contributed by atoms with E-state index in [4.69, 9.17) is 5.73 Å². The molecule has 118 valence electrons.